The third kappa shape index (κ3) is 2.02. The van der Waals surface area contributed by atoms with E-state index in [4.69, 9.17) is 28.4 Å². The van der Waals surface area contributed by atoms with Gasteiger partial charge in [-0.05, 0) is 24.7 Å². The molecule has 184 valence electrons. The molecule has 0 aromatic rings. The van der Waals surface area contributed by atoms with Crippen molar-refractivity contribution in [2.75, 3.05) is 21.3 Å². The predicted octanol–water partition coefficient (Wildman–Crippen LogP) is 0.576. The van der Waals surface area contributed by atoms with E-state index in [1.54, 1.807) is 0 Å². The molecular weight excluding hydrogens is 436 g/mol. The van der Waals surface area contributed by atoms with Gasteiger partial charge in [0.1, 0.15) is 12.2 Å². The summed E-state index contributed by atoms with van der Waals surface area (Å²) in [6.45, 7) is 7.61. The van der Waals surface area contributed by atoms with Crippen LogP contribution in [0, 0.1) is 28.1 Å². The van der Waals surface area contributed by atoms with Crippen LogP contribution in [0.15, 0.2) is 0 Å². The standard InChI is InChI=1S/C23H32O10/c1-10-15(24)31-13-9-20-12-8-11(19(2,3)4)21(20,14(28-5)16(25)29-6)18(30-7)33-23(20,17(26)32-12)22(10,13)27/h10-14,18,27H,8-9H2,1-7H3/t10-,11+,12?,13+,14+,18?,20-,21?,22-,23+/m1/s1. The van der Waals surface area contributed by atoms with Crippen LogP contribution in [-0.4, -0.2) is 80.1 Å². The van der Waals surface area contributed by atoms with Crippen LogP contribution in [0.3, 0.4) is 0 Å². The average Bonchev–Trinajstić information content (AvgIpc) is 3.40. The molecule has 0 bridgehead atoms. The fourth-order valence-corrected chi connectivity index (χ4v) is 8.39. The molecule has 0 aromatic heterocycles. The van der Waals surface area contributed by atoms with E-state index in [-0.39, 0.29) is 12.3 Å². The van der Waals surface area contributed by atoms with Gasteiger partial charge < -0.3 is 33.5 Å². The van der Waals surface area contributed by atoms with Crippen molar-refractivity contribution in [2.45, 2.75) is 76.3 Å². The smallest absolute Gasteiger partial charge is 0.342 e. The molecule has 2 saturated carbocycles. The van der Waals surface area contributed by atoms with Crippen LogP contribution in [0.4, 0.5) is 0 Å². The second-order valence-corrected chi connectivity index (χ2v) is 11.1. The van der Waals surface area contributed by atoms with Crippen LogP contribution < -0.4 is 0 Å². The van der Waals surface area contributed by atoms with Crippen molar-refractivity contribution in [3.05, 3.63) is 0 Å². The normalized spacial score (nSPS) is 50.5. The van der Waals surface area contributed by atoms with E-state index < -0.39 is 75.9 Å². The second kappa shape index (κ2) is 6.47. The van der Waals surface area contributed by atoms with E-state index in [9.17, 15) is 19.5 Å². The number of methoxy groups -OCH3 is 3. The first-order valence-corrected chi connectivity index (χ1v) is 11.3. The highest BCUT2D eigenvalue weighted by Gasteiger charge is 2.99. The lowest BCUT2D eigenvalue weighted by Gasteiger charge is -2.51. The largest absolute Gasteiger partial charge is 0.467 e. The Balaban J connectivity index is 1.87. The van der Waals surface area contributed by atoms with E-state index in [2.05, 4.69) is 0 Å². The molecule has 5 aliphatic rings. The van der Waals surface area contributed by atoms with Crippen molar-refractivity contribution in [3.8, 4) is 0 Å². The maximum atomic E-state index is 13.7. The first kappa shape index (κ1) is 23.0. The summed E-state index contributed by atoms with van der Waals surface area (Å²) in [6.07, 6.45) is -3.52. The molecule has 10 atom stereocenters. The zero-order chi connectivity index (χ0) is 24.4. The maximum absolute atomic E-state index is 13.7. The van der Waals surface area contributed by atoms with Gasteiger partial charge in [-0.1, -0.05) is 20.8 Å². The van der Waals surface area contributed by atoms with Gasteiger partial charge in [0, 0.05) is 20.6 Å². The van der Waals surface area contributed by atoms with Gasteiger partial charge in [0.25, 0.3) is 0 Å². The Labute approximate surface area is 192 Å². The third-order valence-corrected chi connectivity index (χ3v) is 9.37. The molecule has 33 heavy (non-hydrogen) atoms. The molecule has 0 aromatic carbocycles. The maximum Gasteiger partial charge on any atom is 0.342 e. The lowest BCUT2D eigenvalue weighted by atomic mass is 9.51. The summed E-state index contributed by atoms with van der Waals surface area (Å²) in [6, 6.07) is 0. The number of carbonyl (C=O) groups excluding carboxylic acids is 3. The number of hydrogen-bond donors (Lipinski definition) is 1. The quantitative estimate of drug-likeness (QED) is 0.462. The van der Waals surface area contributed by atoms with E-state index in [0.717, 1.165) is 0 Å². The molecule has 3 aliphatic heterocycles. The minimum Gasteiger partial charge on any atom is -0.467 e. The summed E-state index contributed by atoms with van der Waals surface area (Å²) in [4.78, 5) is 39.4. The number of ether oxygens (including phenoxy) is 6. The molecule has 10 heteroatoms. The Morgan fingerprint density at radius 3 is 2.36 bits per heavy atom. The van der Waals surface area contributed by atoms with Gasteiger partial charge >= 0.3 is 17.9 Å². The molecule has 10 nitrogen and oxygen atoms in total. The predicted molar refractivity (Wildman–Crippen MR) is 108 cm³/mol. The third-order valence-electron chi connectivity index (χ3n) is 9.37. The summed E-state index contributed by atoms with van der Waals surface area (Å²) < 4.78 is 34.8. The van der Waals surface area contributed by atoms with Crippen LogP contribution in [-0.2, 0) is 42.8 Å². The highest BCUT2D eigenvalue weighted by molar-refractivity contribution is 5.92. The Kier molecular flexibility index (Phi) is 4.51. The lowest BCUT2D eigenvalue weighted by Crippen LogP contribution is -2.67. The van der Waals surface area contributed by atoms with Gasteiger partial charge in [0.05, 0.1) is 23.9 Å². The van der Waals surface area contributed by atoms with Crippen molar-refractivity contribution in [1.82, 2.24) is 0 Å². The molecule has 2 aliphatic carbocycles. The zero-order valence-corrected chi connectivity index (χ0v) is 20.0. The Morgan fingerprint density at radius 2 is 1.82 bits per heavy atom. The number of carbonyl (C=O) groups is 3. The van der Waals surface area contributed by atoms with Crippen LogP contribution >= 0.6 is 0 Å². The van der Waals surface area contributed by atoms with Gasteiger partial charge in [-0.2, -0.15) is 0 Å². The molecular formula is C23H32O10. The Bertz CT molecular complexity index is 927. The average molecular weight is 468 g/mol. The Hall–Kier alpha value is -1.75. The topological polar surface area (TPSA) is 127 Å². The monoisotopic (exact) mass is 468 g/mol. The molecule has 1 N–H and O–H groups in total. The summed E-state index contributed by atoms with van der Waals surface area (Å²) in [5.74, 6) is -3.36. The zero-order valence-electron chi connectivity index (χ0n) is 20.0. The number of rotatable bonds is 4. The van der Waals surface area contributed by atoms with Gasteiger partial charge in [0.2, 0.25) is 5.60 Å². The summed E-state index contributed by atoms with van der Waals surface area (Å²) in [7, 11) is 4.10. The molecule has 3 heterocycles. The van der Waals surface area contributed by atoms with E-state index in [1.807, 2.05) is 20.8 Å². The first-order valence-electron chi connectivity index (χ1n) is 11.3. The van der Waals surface area contributed by atoms with Crippen molar-refractivity contribution in [1.29, 1.82) is 0 Å². The number of fused-ring (bicyclic) bond motifs is 1. The summed E-state index contributed by atoms with van der Waals surface area (Å²) in [5, 5.41) is 12.1. The minimum absolute atomic E-state index is 0.0687. The van der Waals surface area contributed by atoms with Crippen molar-refractivity contribution in [2.24, 2.45) is 28.1 Å². The van der Waals surface area contributed by atoms with Crippen LogP contribution in [0.5, 0.6) is 0 Å². The highest BCUT2D eigenvalue weighted by atomic mass is 16.7. The van der Waals surface area contributed by atoms with Gasteiger partial charge in [-0.3, -0.25) is 4.79 Å². The molecule has 1 spiro atoms. The highest BCUT2D eigenvalue weighted by Crippen LogP contribution is 2.83. The molecule has 0 amide bonds. The van der Waals surface area contributed by atoms with Crippen molar-refractivity contribution < 1.29 is 47.9 Å². The number of hydrogen-bond acceptors (Lipinski definition) is 10. The minimum atomic E-state index is -1.99. The molecule has 3 unspecified atom stereocenters. The summed E-state index contributed by atoms with van der Waals surface area (Å²) in [5.41, 5.74) is -6.89. The molecule has 5 rings (SSSR count). The van der Waals surface area contributed by atoms with Gasteiger partial charge in [0.15, 0.2) is 18.0 Å². The SMILES string of the molecule is COC(=O)[C@H](OC)C12C(OC)O[C@@]34C(=O)OC(C[C@H]1C(C)(C)C)[C@]23C[C@@H]1OC(=O)[C@@H](C)[C@@]14O. The Morgan fingerprint density at radius 1 is 1.15 bits per heavy atom. The van der Waals surface area contributed by atoms with E-state index in [0.29, 0.717) is 6.42 Å². The molecule has 3 saturated heterocycles. The lowest BCUT2D eigenvalue weighted by molar-refractivity contribution is -0.260. The van der Waals surface area contributed by atoms with E-state index in [1.165, 1.54) is 28.3 Å². The molecule has 0 radical (unpaired) electrons. The first-order chi connectivity index (χ1) is 15.4. The van der Waals surface area contributed by atoms with Crippen molar-refractivity contribution >= 4 is 17.9 Å². The second-order valence-electron chi connectivity index (χ2n) is 11.1. The van der Waals surface area contributed by atoms with Gasteiger partial charge in [-0.15, -0.1) is 0 Å². The van der Waals surface area contributed by atoms with Crippen LogP contribution in [0.1, 0.15) is 40.5 Å². The van der Waals surface area contributed by atoms with E-state index >= 15 is 0 Å². The fourth-order valence-electron chi connectivity index (χ4n) is 8.39. The summed E-state index contributed by atoms with van der Waals surface area (Å²) >= 11 is 0. The van der Waals surface area contributed by atoms with Crippen LogP contribution in [0.25, 0.3) is 0 Å². The van der Waals surface area contributed by atoms with Gasteiger partial charge in [-0.25, -0.2) is 9.59 Å². The van der Waals surface area contributed by atoms with Crippen LogP contribution in [0.2, 0.25) is 0 Å². The number of esters is 3. The fraction of sp³-hybridized carbons (Fsp3) is 0.870. The molecule has 5 fully saturated rings. The van der Waals surface area contributed by atoms with Crippen molar-refractivity contribution in [3.63, 3.8) is 0 Å². The number of aliphatic hydroxyl groups is 1.